The van der Waals surface area contributed by atoms with Gasteiger partial charge in [0.1, 0.15) is 0 Å². The summed E-state index contributed by atoms with van der Waals surface area (Å²) >= 11 is 13.6. The van der Waals surface area contributed by atoms with Gasteiger partial charge >= 0.3 is 0 Å². The maximum absolute atomic E-state index is 6.31. The van der Waals surface area contributed by atoms with Gasteiger partial charge < -0.3 is 5.32 Å². The molecule has 1 aliphatic heterocycles. The van der Waals surface area contributed by atoms with Crippen LogP contribution in [0, 0.1) is 5.92 Å². The Balaban J connectivity index is 1.94. The zero-order valence-electron chi connectivity index (χ0n) is 13.0. The summed E-state index contributed by atoms with van der Waals surface area (Å²) < 4.78 is 2.09. The van der Waals surface area contributed by atoms with Crippen LogP contribution >= 0.6 is 43.5 Å². The molecular formula is C19H17Br2ClN2. The Bertz CT molecular complexity index is 813. The quantitative estimate of drug-likeness (QED) is 0.566. The van der Waals surface area contributed by atoms with Crippen molar-refractivity contribution in [2.24, 2.45) is 5.92 Å². The fourth-order valence-electron chi connectivity index (χ4n) is 3.88. The van der Waals surface area contributed by atoms with E-state index in [2.05, 4.69) is 61.5 Å². The van der Waals surface area contributed by atoms with Crippen molar-refractivity contribution in [3.63, 3.8) is 0 Å². The highest BCUT2D eigenvalue weighted by Crippen LogP contribution is 2.45. The highest BCUT2D eigenvalue weighted by molar-refractivity contribution is 9.10. The molecule has 124 valence electrons. The van der Waals surface area contributed by atoms with E-state index >= 15 is 0 Å². The Morgan fingerprint density at radius 1 is 1.04 bits per heavy atom. The van der Waals surface area contributed by atoms with Gasteiger partial charge in [0.25, 0.3) is 0 Å². The van der Waals surface area contributed by atoms with Crippen LogP contribution in [-0.4, -0.2) is 18.1 Å². The van der Waals surface area contributed by atoms with Gasteiger partial charge in [0, 0.05) is 26.1 Å². The van der Waals surface area contributed by atoms with Crippen molar-refractivity contribution in [1.82, 2.24) is 10.3 Å². The largest absolute Gasteiger partial charge is 0.317 e. The minimum absolute atomic E-state index is 0.284. The first-order valence-electron chi connectivity index (χ1n) is 8.16. The topological polar surface area (TPSA) is 24.9 Å². The maximum atomic E-state index is 6.31. The molecular weight excluding hydrogens is 451 g/mol. The Morgan fingerprint density at radius 2 is 1.79 bits per heavy atom. The molecule has 2 aliphatic rings. The summed E-state index contributed by atoms with van der Waals surface area (Å²) in [6.45, 7) is 2.14. The second kappa shape index (κ2) is 6.91. The zero-order valence-corrected chi connectivity index (χ0v) is 17.0. The van der Waals surface area contributed by atoms with Crippen LogP contribution in [0.25, 0.3) is 12.2 Å². The first kappa shape index (κ1) is 16.8. The normalized spacial score (nSPS) is 20.4. The van der Waals surface area contributed by atoms with Crippen LogP contribution < -0.4 is 5.32 Å². The standard InChI is InChI=1S/C19H17Br2ClN2/c20-14-7-13-2-1-12-8-15(22)9-16(21)17(12)18(19(13)24-10-14)11-3-5-23-6-4-11/h1-2,7-11,18,23H,3-6H2. The van der Waals surface area contributed by atoms with Crippen LogP contribution in [0.2, 0.25) is 5.02 Å². The third-order valence-corrected chi connectivity index (χ3v) is 6.25. The van der Waals surface area contributed by atoms with Crippen LogP contribution in [0.4, 0.5) is 0 Å². The smallest absolute Gasteiger partial charge is 0.0554 e. The lowest BCUT2D eigenvalue weighted by Gasteiger charge is -2.32. The van der Waals surface area contributed by atoms with Crippen LogP contribution in [0.5, 0.6) is 0 Å². The SMILES string of the molecule is Clc1cc(Br)c2c(c1)C=Cc1cc(Br)cnc1C2C1CCNCC1. The van der Waals surface area contributed by atoms with E-state index in [9.17, 15) is 0 Å². The van der Waals surface area contributed by atoms with Crippen LogP contribution in [0.3, 0.4) is 0 Å². The number of fused-ring (bicyclic) bond motifs is 2. The van der Waals surface area contributed by atoms with E-state index in [1.165, 1.54) is 22.4 Å². The molecule has 1 atom stereocenters. The molecule has 2 heterocycles. The van der Waals surface area contributed by atoms with Gasteiger partial charge in [-0.1, -0.05) is 39.7 Å². The number of hydrogen-bond acceptors (Lipinski definition) is 2. The highest BCUT2D eigenvalue weighted by atomic mass is 79.9. The average molecular weight is 469 g/mol. The molecule has 5 heteroatoms. The van der Waals surface area contributed by atoms with Crippen LogP contribution in [-0.2, 0) is 0 Å². The number of nitrogens with zero attached hydrogens (tertiary/aromatic N) is 1. The lowest BCUT2D eigenvalue weighted by atomic mass is 9.76. The fraction of sp³-hybridized carbons (Fsp3) is 0.316. The van der Waals surface area contributed by atoms with Crippen LogP contribution in [0.15, 0.2) is 33.3 Å². The molecule has 1 aromatic carbocycles. The lowest BCUT2D eigenvalue weighted by Crippen LogP contribution is -2.32. The van der Waals surface area contributed by atoms with Crippen molar-refractivity contribution < 1.29 is 0 Å². The van der Waals surface area contributed by atoms with E-state index in [0.29, 0.717) is 5.92 Å². The molecule has 0 spiro atoms. The molecule has 1 aromatic heterocycles. The molecule has 0 amide bonds. The van der Waals surface area contributed by atoms with Gasteiger partial charge in [-0.2, -0.15) is 0 Å². The third kappa shape index (κ3) is 3.10. The number of nitrogens with one attached hydrogen (secondary N) is 1. The van der Waals surface area contributed by atoms with Crippen molar-refractivity contribution in [2.45, 2.75) is 18.8 Å². The first-order valence-corrected chi connectivity index (χ1v) is 10.1. The molecule has 2 nitrogen and oxygen atoms in total. The minimum atomic E-state index is 0.284. The van der Waals surface area contributed by atoms with E-state index in [0.717, 1.165) is 39.9 Å². The molecule has 1 fully saturated rings. The van der Waals surface area contributed by atoms with E-state index < -0.39 is 0 Å². The number of pyridine rings is 1. The summed E-state index contributed by atoms with van der Waals surface area (Å²) in [5.74, 6) is 0.863. The molecule has 4 rings (SSSR count). The minimum Gasteiger partial charge on any atom is -0.317 e. The number of halogens is 3. The van der Waals surface area contributed by atoms with E-state index in [1.54, 1.807) is 0 Å². The summed E-state index contributed by atoms with van der Waals surface area (Å²) in [4.78, 5) is 4.83. The predicted octanol–water partition coefficient (Wildman–Crippen LogP) is 5.88. The molecule has 2 aromatic rings. The summed E-state index contributed by atoms with van der Waals surface area (Å²) in [5.41, 5.74) is 4.86. The van der Waals surface area contributed by atoms with Crippen molar-refractivity contribution in [3.05, 3.63) is 60.7 Å². The molecule has 1 saturated heterocycles. The van der Waals surface area contributed by atoms with Gasteiger partial charge in [-0.15, -0.1) is 0 Å². The summed E-state index contributed by atoms with van der Waals surface area (Å²) in [7, 11) is 0. The van der Waals surface area contributed by atoms with Gasteiger partial charge in [0.15, 0.2) is 0 Å². The monoisotopic (exact) mass is 466 g/mol. The van der Waals surface area contributed by atoms with E-state index in [1.807, 2.05) is 12.3 Å². The van der Waals surface area contributed by atoms with Crippen molar-refractivity contribution in [1.29, 1.82) is 0 Å². The number of aromatic nitrogens is 1. The van der Waals surface area contributed by atoms with Crippen LogP contribution in [0.1, 0.15) is 41.1 Å². The first-order chi connectivity index (χ1) is 11.6. The Morgan fingerprint density at radius 3 is 2.58 bits per heavy atom. The number of rotatable bonds is 1. The average Bonchev–Trinajstić information content (AvgIpc) is 2.72. The third-order valence-electron chi connectivity index (χ3n) is 4.95. The second-order valence-corrected chi connectivity index (χ2v) is 8.62. The molecule has 0 bridgehead atoms. The number of piperidine rings is 1. The number of benzene rings is 1. The molecule has 1 N–H and O–H groups in total. The summed E-state index contributed by atoms with van der Waals surface area (Å²) in [5, 5.41) is 4.23. The number of hydrogen-bond donors (Lipinski definition) is 1. The second-order valence-electron chi connectivity index (χ2n) is 6.42. The Kier molecular flexibility index (Phi) is 4.83. The van der Waals surface area contributed by atoms with Gasteiger partial charge in [-0.25, -0.2) is 0 Å². The van der Waals surface area contributed by atoms with Gasteiger partial charge in [-0.05, 0) is 82.7 Å². The van der Waals surface area contributed by atoms with Gasteiger partial charge in [-0.3, -0.25) is 4.98 Å². The molecule has 24 heavy (non-hydrogen) atoms. The van der Waals surface area contributed by atoms with Gasteiger partial charge in [0.2, 0.25) is 0 Å². The maximum Gasteiger partial charge on any atom is 0.0554 e. The van der Waals surface area contributed by atoms with Gasteiger partial charge in [0.05, 0.1) is 5.69 Å². The fourth-order valence-corrected chi connectivity index (χ4v) is 5.31. The summed E-state index contributed by atoms with van der Waals surface area (Å²) in [6, 6.07) is 6.23. The Labute approximate surface area is 164 Å². The predicted molar refractivity (Wildman–Crippen MR) is 107 cm³/mol. The van der Waals surface area contributed by atoms with E-state index in [4.69, 9.17) is 16.6 Å². The molecule has 0 radical (unpaired) electrons. The summed E-state index contributed by atoms with van der Waals surface area (Å²) in [6.07, 6.45) is 8.57. The van der Waals surface area contributed by atoms with Crippen molar-refractivity contribution >= 4 is 55.6 Å². The molecule has 0 saturated carbocycles. The molecule has 1 aliphatic carbocycles. The lowest BCUT2D eigenvalue weighted by molar-refractivity contribution is 0.338. The van der Waals surface area contributed by atoms with Crippen molar-refractivity contribution in [3.8, 4) is 0 Å². The molecule has 1 unspecified atom stereocenters. The van der Waals surface area contributed by atoms with Crippen molar-refractivity contribution in [2.75, 3.05) is 13.1 Å². The Hall–Kier alpha value is -0.680. The highest BCUT2D eigenvalue weighted by Gasteiger charge is 2.33. The zero-order chi connectivity index (χ0) is 16.7. The van der Waals surface area contributed by atoms with E-state index in [-0.39, 0.29) is 5.92 Å².